The predicted octanol–water partition coefficient (Wildman–Crippen LogP) is 2.41. The summed E-state index contributed by atoms with van der Waals surface area (Å²) in [6.45, 7) is 3.99. The highest BCUT2D eigenvalue weighted by Gasteiger charge is 2.13. The van der Waals surface area contributed by atoms with Crippen LogP contribution in [0.4, 0.5) is 0 Å². The lowest BCUT2D eigenvalue weighted by molar-refractivity contribution is -0.111. The lowest BCUT2D eigenvalue weighted by Crippen LogP contribution is -2.10. The van der Waals surface area contributed by atoms with Crippen molar-refractivity contribution in [3.63, 3.8) is 0 Å². The quantitative estimate of drug-likeness (QED) is 0.468. The van der Waals surface area contributed by atoms with Crippen LogP contribution in [-0.4, -0.2) is 10.6 Å². The van der Waals surface area contributed by atoms with Crippen LogP contribution in [0.1, 0.15) is 20.3 Å². The number of carbonyl (C=O) groups excluding carboxylic acids is 1. The lowest BCUT2D eigenvalue weighted by Gasteiger charge is -2.05. The summed E-state index contributed by atoms with van der Waals surface area (Å²) in [5.74, 6) is 0.426. The van der Waals surface area contributed by atoms with E-state index in [1.54, 1.807) is 0 Å². The van der Waals surface area contributed by atoms with Crippen molar-refractivity contribution in [2.24, 2.45) is 5.92 Å². The fourth-order valence-electron chi connectivity index (χ4n) is 0.507. The average molecular weight is 169 g/mol. The Bertz CT molecular complexity index is 101. The van der Waals surface area contributed by atoms with E-state index in [-0.39, 0.29) is 0 Å². The fourth-order valence-corrected chi connectivity index (χ4v) is 0.952. The Morgan fingerprint density at radius 2 is 2.00 bits per heavy atom. The molecule has 0 rings (SSSR count). The van der Waals surface area contributed by atoms with E-state index in [1.165, 1.54) is 0 Å². The van der Waals surface area contributed by atoms with Crippen LogP contribution in [0.2, 0.25) is 0 Å². The highest BCUT2D eigenvalue weighted by molar-refractivity contribution is 6.69. The molecule has 1 atom stereocenters. The third-order valence-electron chi connectivity index (χ3n) is 0.925. The monoisotopic (exact) mass is 168 g/mol. The molecule has 0 aromatic heterocycles. The van der Waals surface area contributed by atoms with Crippen LogP contribution in [0.25, 0.3) is 0 Å². The van der Waals surface area contributed by atoms with Gasteiger partial charge in [0.15, 0.2) is 0 Å². The van der Waals surface area contributed by atoms with Crippen molar-refractivity contribution in [1.29, 1.82) is 0 Å². The molecule has 0 aromatic rings. The number of halogens is 2. The minimum absolute atomic E-state index is 0.426. The van der Waals surface area contributed by atoms with Crippen molar-refractivity contribution in [2.45, 2.75) is 25.6 Å². The minimum atomic E-state index is -0.508. The zero-order valence-corrected chi connectivity index (χ0v) is 7.04. The third kappa shape index (κ3) is 4.73. The Hall–Kier alpha value is 0.250. The minimum Gasteiger partial charge on any atom is -0.280 e. The van der Waals surface area contributed by atoms with Gasteiger partial charge < -0.3 is 0 Å². The summed E-state index contributed by atoms with van der Waals surface area (Å²) in [6, 6.07) is 0. The summed E-state index contributed by atoms with van der Waals surface area (Å²) in [5.41, 5.74) is 0. The van der Waals surface area contributed by atoms with Crippen molar-refractivity contribution in [3.8, 4) is 0 Å². The summed E-state index contributed by atoms with van der Waals surface area (Å²) in [5, 5.41) is -0.961. The van der Waals surface area contributed by atoms with E-state index in [9.17, 15) is 4.79 Å². The molecule has 0 heterocycles. The Morgan fingerprint density at radius 3 is 2.11 bits per heavy atom. The second-order valence-corrected chi connectivity index (χ2v) is 3.30. The number of hydrogen-bond donors (Lipinski definition) is 0. The first-order chi connectivity index (χ1) is 4.04. The predicted molar refractivity (Wildman–Crippen MR) is 40.0 cm³/mol. The summed E-state index contributed by atoms with van der Waals surface area (Å²) in [6.07, 6.45) is 0.657. The Labute approximate surface area is 65.3 Å². The highest BCUT2D eigenvalue weighted by atomic mass is 35.5. The normalized spacial score (nSPS) is 13.9. The molecule has 0 aliphatic heterocycles. The second kappa shape index (κ2) is 4.13. The summed E-state index contributed by atoms with van der Waals surface area (Å²) in [4.78, 5) is 10.3. The van der Waals surface area contributed by atoms with Crippen LogP contribution >= 0.6 is 23.2 Å². The molecule has 0 amide bonds. The molecule has 0 N–H and O–H groups in total. The molecule has 9 heavy (non-hydrogen) atoms. The molecule has 0 aromatic carbocycles. The molecule has 0 aliphatic carbocycles. The lowest BCUT2D eigenvalue weighted by atomic mass is 10.1. The maximum absolute atomic E-state index is 10.3. The van der Waals surface area contributed by atoms with Gasteiger partial charge in [-0.05, 0) is 23.9 Å². The van der Waals surface area contributed by atoms with E-state index in [1.807, 2.05) is 13.8 Å². The van der Waals surface area contributed by atoms with Gasteiger partial charge in [-0.25, -0.2) is 0 Å². The van der Waals surface area contributed by atoms with Crippen molar-refractivity contribution in [1.82, 2.24) is 0 Å². The van der Waals surface area contributed by atoms with Gasteiger partial charge in [-0.15, -0.1) is 11.6 Å². The zero-order valence-electron chi connectivity index (χ0n) is 5.53. The van der Waals surface area contributed by atoms with Gasteiger partial charge in [0.2, 0.25) is 5.24 Å². The molecule has 3 heteroatoms. The molecule has 0 aliphatic rings. The van der Waals surface area contributed by atoms with Gasteiger partial charge in [0.25, 0.3) is 0 Å². The maximum atomic E-state index is 10.3. The van der Waals surface area contributed by atoms with Gasteiger partial charge in [-0.1, -0.05) is 13.8 Å². The largest absolute Gasteiger partial charge is 0.280 e. The molecule has 0 saturated carbocycles. The van der Waals surface area contributed by atoms with Gasteiger partial charge in [0, 0.05) is 0 Å². The van der Waals surface area contributed by atoms with E-state index >= 15 is 0 Å². The summed E-state index contributed by atoms with van der Waals surface area (Å²) >= 11 is 10.6. The summed E-state index contributed by atoms with van der Waals surface area (Å²) in [7, 11) is 0. The molecule has 54 valence electrons. The Morgan fingerprint density at radius 1 is 1.56 bits per heavy atom. The molecular weight excluding hydrogens is 159 g/mol. The molecule has 1 nitrogen and oxygen atoms in total. The smallest absolute Gasteiger partial charge is 0.239 e. The number of alkyl halides is 1. The van der Waals surface area contributed by atoms with E-state index in [0.29, 0.717) is 12.3 Å². The van der Waals surface area contributed by atoms with Crippen LogP contribution in [0.3, 0.4) is 0 Å². The first kappa shape index (κ1) is 9.25. The number of carbonyl (C=O) groups is 1. The SMILES string of the molecule is CC(C)C[C@H](Cl)C(=O)Cl. The molecule has 0 spiro atoms. The van der Waals surface area contributed by atoms with Gasteiger partial charge >= 0.3 is 0 Å². The molecular formula is C6H10Cl2O. The van der Waals surface area contributed by atoms with Crippen LogP contribution < -0.4 is 0 Å². The van der Waals surface area contributed by atoms with E-state index in [0.717, 1.165) is 0 Å². The first-order valence-corrected chi connectivity index (χ1v) is 3.69. The van der Waals surface area contributed by atoms with E-state index < -0.39 is 10.6 Å². The molecule has 0 radical (unpaired) electrons. The average Bonchev–Trinajstić information content (AvgIpc) is 1.63. The molecule has 0 saturated heterocycles. The zero-order chi connectivity index (χ0) is 7.44. The van der Waals surface area contributed by atoms with Crippen LogP contribution in [0.5, 0.6) is 0 Å². The summed E-state index contributed by atoms with van der Waals surface area (Å²) < 4.78 is 0. The van der Waals surface area contributed by atoms with Crippen molar-refractivity contribution < 1.29 is 4.79 Å². The van der Waals surface area contributed by atoms with Gasteiger partial charge in [0.05, 0.1) is 0 Å². The Balaban J connectivity index is 3.50. The number of hydrogen-bond acceptors (Lipinski definition) is 1. The van der Waals surface area contributed by atoms with E-state index in [4.69, 9.17) is 23.2 Å². The van der Waals surface area contributed by atoms with Crippen molar-refractivity contribution >= 4 is 28.4 Å². The van der Waals surface area contributed by atoms with Crippen LogP contribution in [0.15, 0.2) is 0 Å². The highest BCUT2D eigenvalue weighted by Crippen LogP contribution is 2.12. The standard InChI is InChI=1S/C6H10Cl2O/c1-4(2)3-5(7)6(8)9/h4-5H,3H2,1-2H3/t5-/m0/s1. The first-order valence-electron chi connectivity index (χ1n) is 2.87. The fraction of sp³-hybridized carbons (Fsp3) is 0.833. The Kier molecular flexibility index (Phi) is 4.24. The maximum Gasteiger partial charge on any atom is 0.239 e. The van der Waals surface area contributed by atoms with Gasteiger partial charge in [-0.3, -0.25) is 4.79 Å². The number of rotatable bonds is 3. The third-order valence-corrected chi connectivity index (χ3v) is 1.68. The van der Waals surface area contributed by atoms with Gasteiger partial charge in [-0.2, -0.15) is 0 Å². The second-order valence-electron chi connectivity index (χ2n) is 2.40. The van der Waals surface area contributed by atoms with E-state index in [2.05, 4.69) is 0 Å². The topological polar surface area (TPSA) is 17.1 Å². The van der Waals surface area contributed by atoms with Gasteiger partial charge in [0.1, 0.15) is 5.38 Å². The molecule has 0 unspecified atom stereocenters. The van der Waals surface area contributed by atoms with Crippen molar-refractivity contribution in [3.05, 3.63) is 0 Å². The van der Waals surface area contributed by atoms with Crippen molar-refractivity contribution in [2.75, 3.05) is 0 Å². The molecule has 0 fully saturated rings. The molecule has 0 bridgehead atoms. The van der Waals surface area contributed by atoms with Crippen LogP contribution in [0, 0.1) is 5.92 Å². The van der Waals surface area contributed by atoms with Crippen LogP contribution in [-0.2, 0) is 4.79 Å².